The molecule has 5 heteroatoms. The molecule has 1 aliphatic heterocycles. The van der Waals surface area contributed by atoms with Crippen LogP contribution in [0.1, 0.15) is 25.7 Å². The third kappa shape index (κ3) is 2.77. The van der Waals surface area contributed by atoms with Crippen molar-refractivity contribution in [2.45, 2.75) is 31.8 Å². The Morgan fingerprint density at radius 3 is 2.53 bits per heavy atom. The number of β-amino-alcohol motifs (C(OH)–C–C–N with tert-alkyl or cyclic N) is 1. The Hall–Kier alpha value is -1.10. The molecule has 0 aromatic rings. The summed E-state index contributed by atoms with van der Waals surface area (Å²) >= 11 is 0. The predicted molar refractivity (Wildman–Crippen MR) is 62.2 cm³/mol. The Morgan fingerprint density at radius 2 is 1.88 bits per heavy atom. The highest BCUT2D eigenvalue weighted by Gasteiger charge is 2.31. The summed E-state index contributed by atoms with van der Waals surface area (Å²) in [5.41, 5.74) is 0. The van der Waals surface area contributed by atoms with Gasteiger partial charge in [-0.15, -0.1) is 0 Å². The van der Waals surface area contributed by atoms with Crippen LogP contribution in [0.25, 0.3) is 0 Å². The molecule has 1 aliphatic carbocycles. The summed E-state index contributed by atoms with van der Waals surface area (Å²) in [6, 6.07) is 0. The monoisotopic (exact) mass is 240 g/mol. The molecular weight excluding hydrogens is 220 g/mol. The van der Waals surface area contributed by atoms with Crippen LogP contribution in [0.4, 0.5) is 0 Å². The SMILES string of the molecule is CN1CC(=O)N(CC(O)C2CCCC2)CC1=O. The van der Waals surface area contributed by atoms with Gasteiger partial charge in [0.05, 0.1) is 19.2 Å². The van der Waals surface area contributed by atoms with Gasteiger partial charge < -0.3 is 14.9 Å². The zero-order chi connectivity index (χ0) is 12.4. The van der Waals surface area contributed by atoms with Crippen LogP contribution in [0.5, 0.6) is 0 Å². The van der Waals surface area contributed by atoms with Crippen molar-refractivity contribution >= 4 is 11.8 Å². The minimum absolute atomic E-state index is 0.0526. The van der Waals surface area contributed by atoms with Crippen LogP contribution in [0.2, 0.25) is 0 Å². The molecule has 1 saturated heterocycles. The molecule has 17 heavy (non-hydrogen) atoms. The fourth-order valence-electron chi connectivity index (χ4n) is 2.65. The zero-order valence-corrected chi connectivity index (χ0v) is 10.3. The second-order valence-corrected chi connectivity index (χ2v) is 5.14. The molecule has 2 amide bonds. The van der Waals surface area contributed by atoms with Crippen molar-refractivity contribution in [3.8, 4) is 0 Å². The highest BCUT2D eigenvalue weighted by Crippen LogP contribution is 2.28. The maximum Gasteiger partial charge on any atom is 0.242 e. The summed E-state index contributed by atoms with van der Waals surface area (Å²) in [6.07, 6.45) is 3.93. The molecule has 1 N–H and O–H groups in total. The number of aliphatic hydroxyl groups excluding tert-OH is 1. The smallest absolute Gasteiger partial charge is 0.242 e. The number of nitrogens with zero attached hydrogens (tertiary/aromatic N) is 2. The van der Waals surface area contributed by atoms with E-state index in [1.807, 2.05) is 0 Å². The second-order valence-electron chi connectivity index (χ2n) is 5.14. The first-order valence-electron chi connectivity index (χ1n) is 6.27. The lowest BCUT2D eigenvalue weighted by Gasteiger charge is -2.34. The molecule has 1 saturated carbocycles. The molecule has 0 aromatic heterocycles. The normalized spacial score (nSPS) is 24.6. The first-order chi connectivity index (χ1) is 8.08. The van der Waals surface area contributed by atoms with Crippen molar-refractivity contribution < 1.29 is 14.7 Å². The molecule has 1 heterocycles. The number of likely N-dealkylation sites (N-methyl/N-ethyl adjacent to an activating group) is 1. The highest BCUT2D eigenvalue weighted by molar-refractivity contribution is 5.92. The summed E-state index contributed by atoms with van der Waals surface area (Å²) in [5.74, 6) is 0.185. The van der Waals surface area contributed by atoms with E-state index >= 15 is 0 Å². The van der Waals surface area contributed by atoms with Gasteiger partial charge in [0.2, 0.25) is 11.8 Å². The number of aliphatic hydroxyl groups is 1. The number of carbonyl (C=O) groups is 2. The standard InChI is InChI=1S/C12H20N2O3/c1-13-7-12(17)14(8-11(13)16)6-10(15)9-4-2-3-5-9/h9-10,15H,2-8H2,1H3. The van der Waals surface area contributed by atoms with Crippen molar-refractivity contribution in [2.24, 2.45) is 5.92 Å². The van der Waals surface area contributed by atoms with E-state index in [0.717, 1.165) is 25.7 Å². The number of amides is 2. The summed E-state index contributed by atoms with van der Waals surface area (Å²) < 4.78 is 0. The average Bonchev–Trinajstić information content (AvgIpc) is 2.79. The van der Waals surface area contributed by atoms with Crippen LogP contribution in [-0.4, -0.2) is 59.5 Å². The topological polar surface area (TPSA) is 60.9 Å². The molecular formula is C12H20N2O3. The van der Waals surface area contributed by atoms with Gasteiger partial charge in [-0.25, -0.2) is 0 Å². The summed E-state index contributed by atoms with van der Waals surface area (Å²) in [4.78, 5) is 26.1. The van der Waals surface area contributed by atoms with Gasteiger partial charge in [0, 0.05) is 13.6 Å². The largest absolute Gasteiger partial charge is 0.391 e. The summed E-state index contributed by atoms with van der Waals surface area (Å²) in [5, 5.41) is 10.1. The molecule has 0 bridgehead atoms. The fourth-order valence-corrected chi connectivity index (χ4v) is 2.65. The first kappa shape index (κ1) is 12.4. The molecule has 0 radical (unpaired) electrons. The molecule has 1 unspecified atom stereocenters. The molecule has 1 atom stereocenters. The van der Waals surface area contributed by atoms with E-state index < -0.39 is 6.10 Å². The Morgan fingerprint density at radius 1 is 1.24 bits per heavy atom. The summed E-state index contributed by atoms with van der Waals surface area (Å²) in [7, 11) is 1.63. The van der Waals surface area contributed by atoms with Crippen molar-refractivity contribution in [3.05, 3.63) is 0 Å². The van der Waals surface area contributed by atoms with Gasteiger partial charge in [0.1, 0.15) is 0 Å². The zero-order valence-electron chi connectivity index (χ0n) is 10.3. The Kier molecular flexibility index (Phi) is 3.66. The van der Waals surface area contributed by atoms with Crippen LogP contribution in [-0.2, 0) is 9.59 Å². The lowest BCUT2D eigenvalue weighted by Crippen LogP contribution is -2.54. The van der Waals surface area contributed by atoms with E-state index in [9.17, 15) is 14.7 Å². The second kappa shape index (κ2) is 5.04. The van der Waals surface area contributed by atoms with Crippen molar-refractivity contribution in [1.29, 1.82) is 0 Å². The molecule has 96 valence electrons. The highest BCUT2D eigenvalue weighted by atomic mass is 16.3. The third-order valence-corrected chi connectivity index (χ3v) is 3.83. The molecule has 2 rings (SSSR count). The van der Waals surface area contributed by atoms with Crippen molar-refractivity contribution in [3.63, 3.8) is 0 Å². The molecule has 2 fully saturated rings. The van der Waals surface area contributed by atoms with Crippen LogP contribution in [0, 0.1) is 5.92 Å². The average molecular weight is 240 g/mol. The van der Waals surface area contributed by atoms with Gasteiger partial charge in [-0.05, 0) is 18.8 Å². The van der Waals surface area contributed by atoms with Gasteiger partial charge >= 0.3 is 0 Å². The molecule has 2 aliphatic rings. The van der Waals surface area contributed by atoms with Gasteiger partial charge in [-0.3, -0.25) is 9.59 Å². The third-order valence-electron chi connectivity index (χ3n) is 3.83. The number of hydrogen-bond acceptors (Lipinski definition) is 3. The number of rotatable bonds is 3. The van der Waals surface area contributed by atoms with Crippen LogP contribution < -0.4 is 0 Å². The maximum absolute atomic E-state index is 11.7. The van der Waals surface area contributed by atoms with Crippen LogP contribution >= 0.6 is 0 Å². The van der Waals surface area contributed by atoms with Gasteiger partial charge in [0.15, 0.2) is 0 Å². The molecule has 0 aromatic carbocycles. The maximum atomic E-state index is 11.7. The number of carbonyl (C=O) groups excluding carboxylic acids is 2. The van der Waals surface area contributed by atoms with Gasteiger partial charge in [-0.1, -0.05) is 12.8 Å². The number of hydrogen-bond donors (Lipinski definition) is 1. The predicted octanol–water partition coefficient (Wildman–Crippen LogP) is -0.162. The Bertz CT molecular complexity index is 313. The molecule has 5 nitrogen and oxygen atoms in total. The minimum Gasteiger partial charge on any atom is -0.391 e. The van der Waals surface area contributed by atoms with Crippen LogP contribution in [0.15, 0.2) is 0 Å². The van der Waals surface area contributed by atoms with E-state index in [1.54, 1.807) is 7.05 Å². The Labute approximate surface area is 101 Å². The summed E-state index contributed by atoms with van der Waals surface area (Å²) in [6.45, 7) is 0.554. The fraction of sp³-hybridized carbons (Fsp3) is 0.833. The van der Waals surface area contributed by atoms with Gasteiger partial charge in [-0.2, -0.15) is 0 Å². The van der Waals surface area contributed by atoms with Crippen molar-refractivity contribution in [2.75, 3.05) is 26.7 Å². The van der Waals surface area contributed by atoms with Crippen LogP contribution in [0.3, 0.4) is 0 Å². The lowest BCUT2D eigenvalue weighted by molar-refractivity contribution is -0.150. The van der Waals surface area contributed by atoms with E-state index in [0.29, 0.717) is 12.5 Å². The minimum atomic E-state index is -0.474. The van der Waals surface area contributed by atoms with E-state index in [1.165, 1.54) is 9.80 Å². The van der Waals surface area contributed by atoms with Crippen molar-refractivity contribution in [1.82, 2.24) is 9.80 Å². The number of piperazine rings is 1. The molecule has 0 spiro atoms. The van der Waals surface area contributed by atoms with E-state index in [4.69, 9.17) is 0 Å². The van der Waals surface area contributed by atoms with Gasteiger partial charge in [0.25, 0.3) is 0 Å². The quantitative estimate of drug-likeness (QED) is 0.745. The van der Waals surface area contributed by atoms with E-state index in [-0.39, 0.29) is 24.9 Å². The Balaban J connectivity index is 1.89. The first-order valence-corrected chi connectivity index (χ1v) is 6.27. The lowest BCUT2D eigenvalue weighted by atomic mass is 10.0. The van der Waals surface area contributed by atoms with E-state index in [2.05, 4.69) is 0 Å².